The van der Waals surface area contributed by atoms with Crippen molar-refractivity contribution in [3.05, 3.63) is 34.5 Å². The Hall–Kier alpha value is -1.26. The molecular formula is C13H14N2OS. The van der Waals surface area contributed by atoms with Gasteiger partial charge in [-0.05, 0) is 37.8 Å². The van der Waals surface area contributed by atoms with E-state index in [2.05, 4.69) is 9.97 Å². The number of pyridine rings is 1. The molecular weight excluding hydrogens is 232 g/mol. The molecule has 0 aliphatic heterocycles. The molecule has 1 aliphatic carbocycles. The van der Waals surface area contributed by atoms with Gasteiger partial charge in [-0.25, -0.2) is 4.98 Å². The standard InChI is InChI=1S/C13H14N2OS/c1-8-4-3-7-14-11(8)13-15-9-5-2-6-10(16)12(9)17-13/h3-4,7,10,16H,2,5-6H2,1H3. The third-order valence-electron chi connectivity index (χ3n) is 3.13. The van der Waals surface area contributed by atoms with E-state index in [4.69, 9.17) is 0 Å². The summed E-state index contributed by atoms with van der Waals surface area (Å²) < 4.78 is 0. The number of fused-ring (bicyclic) bond motifs is 1. The van der Waals surface area contributed by atoms with Gasteiger partial charge in [0.1, 0.15) is 10.7 Å². The van der Waals surface area contributed by atoms with Crippen LogP contribution in [0, 0.1) is 6.92 Å². The van der Waals surface area contributed by atoms with Crippen LogP contribution < -0.4 is 0 Å². The fourth-order valence-electron chi connectivity index (χ4n) is 2.21. The van der Waals surface area contributed by atoms with Gasteiger partial charge in [0.25, 0.3) is 0 Å². The predicted octanol–water partition coefficient (Wildman–Crippen LogP) is 2.88. The van der Waals surface area contributed by atoms with Gasteiger partial charge in [-0.1, -0.05) is 6.07 Å². The second-order valence-electron chi connectivity index (χ2n) is 4.41. The predicted molar refractivity (Wildman–Crippen MR) is 68.0 cm³/mol. The highest BCUT2D eigenvalue weighted by Crippen LogP contribution is 2.37. The minimum absolute atomic E-state index is 0.325. The zero-order valence-corrected chi connectivity index (χ0v) is 10.5. The van der Waals surface area contributed by atoms with E-state index in [1.165, 1.54) is 0 Å². The smallest absolute Gasteiger partial charge is 0.142 e. The van der Waals surface area contributed by atoms with Crippen LogP contribution in [-0.4, -0.2) is 15.1 Å². The van der Waals surface area contributed by atoms with Crippen molar-refractivity contribution in [2.75, 3.05) is 0 Å². The summed E-state index contributed by atoms with van der Waals surface area (Å²) in [5.41, 5.74) is 3.14. The van der Waals surface area contributed by atoms with Crippen LogP contribution in [0.25, 0.3) is 10.7 Å². The van der Waals surface area contributed by atoms with Gasteiger partial charge in [0.2, 0.25) is 0 Å². The molecule has 17 heavy (non-hydrogen) atoms. The fourth-order valence-corrected chi connectivity index (χ4v) is 3.40. The Balaban J connectivity index is 2.08. The van der Waals surface area contributed by atoms with Crippen LogP contribution in [0.5, 0.6) is 0 Å². The molecule has 3 nitrogen and oxygen atoms in total. The molecule has 1 aliphatic rings. The van der Waals surface area contributed by atoms with E-state index >= 15 is 0 Å². The Morgan fingerprint density at radius 1 is 1.47 bits per heavy atom. The molecule has 1 atom stereocenters. The summed E-state index contributed by atoms with van der Waals surface area (Å²) in [5, 5.41) is 10.9. The van der Waals surface area contributed by atoms with Gasteiger partial charge < -0.3 is 5.11 Å². The van der Waals surface area contributed by atoms with Gasteiger partial charge in [0.15, 0.2) is 0 Å². The normalized spacial score (nSPS) is 19.1. The van der Waals surface area contributed by atoms with E-state index < -0.39 is 0 Å². The van der Waals surface area contributed by atoms with Crippen LogP contribution in [0.1, 0.15) is 35.1 Å². The van der Waals surface area contributed by atoms with E-state index in [9.17, 15) is 5.11 Å². The van der Waals surface area contributed by atoms with Gasteiger partial charge in [0, 0.05) is 6.20 Å². The molecule has 0 saturated heterocycles. The maximum Gasteiger partial charge on any atom is 0.142 e. The third-order valence-corrected chi connectivity index (χ3v) is 4.34. The second kappa shape index (κ2) is 4.20. The zero-order chi connectivity index (χ0) is 11.8. The van der Waals surface area contributed by atoms with Crippen molar-refractivity contribution in [1.29, 1.82) is 0 Å². The maximum atomic E-state index is 9.94. The number of aryl methyl sites for hydroxylation is 2. The molecule has 1 unspecified atom stereocenters. The van der Waals surface area contributed by atoms with Gasteiger partial charge in [-0.15, -0.1) is 11.3 Å². The average molecular weight is 246 g/mol. The number of aliphatic hydroxyl groups is 1. The number of nitrogens with zero attached hydrogens (tertiary/aromatic N) is 2. The Kier molecular flexibility index (Phi) is 2.68. The molecule has 2 heterocycles. The van der Waals surface area contributed by atoms with Crippen LogP contribution in [0.15, 0.2) is 18.3 Å². The first-order chi connectivity index (χ1) is 8.25. The lowest BCUT2D eigenvalue weighted by molar-refractivity contribution is 0.160. The number of hydrogen-bond acceptors (Lipinski definition) is 4. The van der Waals surface area contributed by atoms with Crippen molar-refractivity contribution in [3.8, 4) is 10.7 Å². The molecule has 2 aromatic rings. The monoisotopic (exact) mass is 246 g/mol. The topological polar surface area (TPSA) is 46.0 Å². The number of hydrogen-bond donors (Lipinski definition) is 1. The highest BCUT2D eigenvalue weighted by atomic mass is 32.1. The first-order valence-electron chi connectivity index (χ1n) is 5.85. The molecule has 0 aromatic carbocycles. The zero-order valence-electron chi connectivity index (χ0n) is 9.68. The summed E-state index contributed by atoms with van der Waals surface area (Å²) in [6, 6.07) is 3.97. The van der Waals surface area contributed by atoms with Gasteiger partial charge >= 0.3 is 0 Å². The molecule has 4 heteroatoms. The summed E-state index contributed by atoms with van der Waals surface area (Å²) >= 11 is 1.59. The number of aliphatic hydroxyl groups excluding tert-OH is 1. The Labute approximate surface area is 104 Å². The minimum atomic E-state index is -0.325. The van der Waals surface area contributed by atoms with Gasteiger partial charge in [-0.3, -0.25) is 4.98 Å². The van der Waals surface area contributed by atoms with Crippen LogP contribution in [0.3, 0.4) is 0 Å². The molecule has 1 N–H and O–H groups in total. The van der Waals surface area contributed by atoms with Crippen LogP contribution >= 0.6 is 11.3 Å². The molecule has 0 amide bonds. The lowest BCUT2D eigenvalue weighted by Gasteiger charge is -2.14. The molecule has 88 valence electrons. The highest BCUT2D eigenvalue weighted by molar-refractivity contribution is 7.15. The van der Waals surface area contributed by atoms with Gasteiger partial charge in [0.05, 0.1) is 16.7 Å². The van der Waals surface area contributed by atoms with E-state index in [0.29, 0.717) is 0 Å². The SMILES string of the molecule is Cc1cccnc1-c1nc2c(s1)C(O)CCC2. The van der Waals surface area contributed by atoms with Crippen LogP contribution in [-0.2, 0) is 6.42 Å². The molecule has 2 aromatic heterocycles. The Morgan fingerprint density at radius 3 is 3.12 bits per heavy atom. The summed E-state index contributed by atoms with van der Waals surface area (Å²) in [6.45, 7) is 2.04. The molecule has 0 spiro atoms. The van der Waals surface area contributed by atoms with Crippen molar-refractivity contribution < 1.29 is 5.11 Å². The highest BCUT2D eigenvalue weighted by Gasteiger charge is 2.23. The number of thiazole rings is 1. The average Bonchev–Trinajstić information content (AvgIpc) is 2.75. The molecule has 0 fully saturated rings. The largest absolute Gasteiger partial charge is 0.388 e. The first kappa shape index (κ1) is 10.9. The molecule has 0 bridgehead atoms. The number of rotatable bonds is 1. The third kappa shape index (κ3) is 1.87. The van der Waals surface area contributed by atoms with Crippen LogP contribution in [0.4, 0.5) is 0 Å². The van der Waals surface area contributed by atoms with Crippen molar-refractivity contribution in [2.24, 2.45) is 0 Å². The summed E-state index contributed by atoms with van der Waals surface area (Å²) in [5.74, 6) is 0. The number of aromatic nitrogens is 2. The van der Waals surface area contributed by atoms with Crippen molar-refractivity contribution in [1.82, 2.24) is 9.97 Å². The van der Waals surface area contributed by atoms with E-state index in [-0.39, 0.29) is 6.10 Å². The van der Waals surface area contributed by atoms with E-state index in [1.807, 2.05) is 19.1 Å². The fraction of sp³-hybridized carbons (Fsp3) is 0.385. The summed E-state index contributed by atoms with van der Waals surface area (Å²) in [6.07, 6.45) is 4.33. The van der Waals surface area contributed by atoms with Crippen molar-refractivity contribution in [2.45, 2.75) is 32.3 Å². The van der Waals surface area contributed by atoms with E-state index in [0.717, 1.165) is 46.1 Å². The first-order valence-corrected chi connectivity index (χ1v) is 6.67. The van der Waals surface area contributed by atoms with Crippen molar-refractivity contribution >= 4 is 11.3 Å². The lowest BCUT2D eigenvalue weighted by atomic mass is 10.0. The van der Waals surface area contributed by atoms with Crippen molar-refractivity contribution in [3.63, 3.8) is 0 Å². The second-order valence-corrected chi connectivity index (χ2v) is 5.44. The van der Waals surface area contributed by atoms with Crippen LogP contribution in [0.2, 0.25) is 0 Å². The molecule has 0 radical (unpaired) electrons. The quantitative estimate of drug-likeness (QED) is 0.841. The summed E-state index contributed by atoms with van der Waals surface area (Å²) in [4.78, 5) is 10.0. The Bertz CT molecular complexity index is 550. The molecule has 0 saturated carbocycles. The Morgan fingerprint density at radius 2 is 2.35 bits per heavy atom. The lowest BCUT2D eigenvalue weighted by Crippen LogP contribution is -2.06. The minimum Gasteiger partial charge on any atom is -0.388 e. The van der Waals surface area contributed by atoms with E-state index in [1.54, 1.807) is 17.5 Å². The molecule has 3 rings (SSSR count). The van der Waals surface area contributed by atoms with Gasteiger partial charge in [-0.2, -0.15) is 0 Å². The maximum absolute atomic E-state index is 9.94. The summed E-state index contributed by atoms with van der Waals surface area (Å²) in [7, 11) is 0.